The number of rotatable bonds is 4. The number of hydrogen-bond donors (Lipinski definition) is 1. The SMILES string of the molecule is CC(=O)c1cccc(NC(=O)Cc2c(C)n(C)c3ccccc23)c1. The van der Waals surface area contributed by atoms with E-state index in [1.165, 1.54) is 6.92 Å². The smallest absolute Gasteiger partial charge is 0.228 e. The number of nitrogens with one attached hydrogen (secondary N) is 1. The molecule has 2 aromatic carbocycles. The van der Waals surface area contributed by atoms with Gasteiger partial charge in [0.1, 0.15) is 0 Å². The minimum Gasteiger partial charge on any atom is -0.348 e. The molecule has 24 heavy (non-hydrogen) atoms. The molecule has 0 aliphatic heterocycles. The zero-order valence-electron chi connectivity index (χ0n) is 14.1. The second-order valence-corrected chi connectivity index (χ2v) is 6.00. The number of nitrogens with zero attached hydrogens (tertiary/aromatic N) is 1. The average molecular weight is 320 g/mol. The zero-order chi connectivity index (χ0) is 17.3. The molecular formula is C20H20N2O2. The van der Waals surface area contributed by atoms with Crippen molar-refractivity contribution in [3.8, 4) is 0 Å². The molecule has 4 heteroatoms. The minimum atomic E-state index is -0.0878. The number of ketones is 1. The van der Waals surface area contributed by atoms with Crippen LogP contribution in [0.3, 0.4) is 0 Å². The monoisotopic (exact) mass is 320 g/mol. The van der Waals surface area contributed by atoms with Gasteiger partial charge in [0.15, 0.2) is 5.78 Å². The third-order valence-corrected chi connectivity index (χ3v) is 4.42. The van der Waals surface area contributed by atoms with E-state index in [4.69, 9.17) is 0 Å². The van der Waals surface area contributed by atoms with Crippen LogP contribution in [-0.2, 0) is 18.3 Å². The number of Topliss-reactive ketones (excluding diaryl/α,β-unsaturated/α-hetero) is 1. The van der Waals surface area contributed by atoms with Crippen LogP contribution in [0.2, 0.25) is 0 Å². The lowest BCUT2D eigenvalue weighted by atomic mass is 10.1. The lowest BCUT2D eigenvalue weighted by Gasteiger charge is -2.07. The van der Waals surface area contributed by atoms with E-state index in [9.17, 15) is 9.59 Å². The molecule has 0 aliphatic rings. The minimum absolute atomic E-state index is 0.0176. The molecule has 0 radical (unpaired) electrons. The van der Waals surface area contributed by atoms with Crippen LogP contribution in [0.15, 0.2) is 48.5 Å². The quantitative estimate of drug-likeness (QED) is 0.742. The van der Waals surface area contributed by atoms with Crippen LogP contribution in [0.1, 0.15) is 28.5 Å². The van der Waals surface area contributed by atoms with Crippen molar-refractivity contribution in [2.75, 3.05) is 5.32 Å². The summed E-state index contributed by atoms with van der Waals surface area (Å²) in [5.41, 5.74) is 4.48. The Hall–Kier alpha value is -2.88. The van der Waals surface area contributed by atoms with E-state index in [0.29, 0.717) is 17.7 Å². The first-order valence-corrected chi connectivity index (χ1v) is 7.91. The Balaban J connectivity index is 1.85. The molecule has 3 rings (SSSR count). The summed E-state index contributed by atoms with van der Waals surface area (Å²) in [6, 6.07) is 15.1. The second-order valence-electron chi connectivity index (χ2n) is 6.00. The molecule has 122 valence electrons. The van der Waals surface area contributed by atoms with E-state index in [-0.39, 0.29) is 11.7 Å². The van der Waals surface area contributed by atoms with E-state index in [2.05, 4.69) is 16.0 Å². The predicted molar refractivity (Wildman–Crippen MR) is 96.4 cm³/mol. The largest absolute Gasteiger partial charge is 0.348 e. The number of fused-ring (bicyclic) bond motifs is 1. The molecule has 0 fully saturated rings. The highest BCUT2D eigenvalue weighted by atomic mass is 16.1. The number of aromatic nitrogens is 1. The van der Waals surface area contributed by atoms with Gasteiger partial charge in [0, 0.05) is 34.9 Å². The highest BCUT2D eigenvalue weighted by Crippen LogP contribution is 2.25. The fraction of sp³-hybridized carbons (Fsp3) is 0.200. The summed E-state index contributed by atoms with van der Waals surface area (Å²) in [6.45, 7) is 3.54. The first kappa shape index (κ1) is 16.0. The van der Waals surface area contributed by atoms with Gasteiger partial charge in [-0.3, -0.25) is 9.59 Å². The Kier molecular flexibility index (Phi) is 4.21. The number of amides is 1. The van der Waals surface area contributed by atoms with Crippen molar-refractivity contribution in [3.63, 3.8) is 0 Å². The molecule has 1 heterocycles. The molecule has 0 aliphatic carbocycles. The van der Waals surface area contributed by atoms with Crippen LogP contribution < -0.4 is 5.32 Å². The predicted octanol–water partition coefficient (Wildman–Crippen LogP) is 3.87. The number of aryl methyl sites for hydroxylation is 1. The summed E-state index contributed by atoms with van der Waals surface area (Å²) in [6.07, 6.45) is 0.303. The van der Waals surface area contributed by atoms with Gasteiger partial charge in [0.05, 0.1) is 6.42 Å². The van der Waals surface area contributed by atoms with Crippen molar-refractivity contribution in [2.24, 2.45) is 7.05 Å². The van der Waals surface area contributed by atoms with Crippen molar-refractivity contribution in [1.29, 1.82) is 0 Å². The number of carbonyl (C=O) groups excluding carboxylic acids is 2. The molecule has 0 spiro atoms. The summed E-state index contributed by atoms with van der Waals surface area (Å²) in [7, 11) is 2.01. The molecule has 0 bridgehead atoms. The summed E-state index contributed by atoms with van der Waals surface area (Å²) in [4.78, 5) is 23.9. The molecule has 1 aromatic heterocycles. The lowest BCUT2D eigenvalue weighted by Crippen LogP contribution is -2.15. The molecule has 0 unspecified atom stereocenters. The van der Waals surface area contributed by atoms with Gasteiger partial charge in [-0.2, -0.15) is 0 Å². The van der Waals surface area contributed by atoms with Crippen molar-refractivity contribution < 1.29 is 9.59 Å². The molecule has 0 atom stereocenters. The molecule has 4 nitrogen and oxygen atoms in total. The van der Waals surface area contributed by atoms with Crippen LogP contribution in [-0.4, -0.2) is 16.3 Å². The highest BCUT2D eigenvalue weighted by Gasteiger charge is 2.15. The topological polar surface area (TPSA) is 51.1 Å². The number of anilines is 1. The lowest BCUT2D eigenvalue weighted by molar-refractivity contribution is -0.115. The zero-order valence-corrected chi connectivity index (χ0v) is 14.1. The maximum absolute atomic E-state index is 12.5. The molecule has 3 aromatic rings. The Morgan fingerprint density at radius 3 is 2.58 bits per heavy atom. The Bertz CT molecular complexity index is 938. The van der Waals surface area contributed by atoms with Crippen LogP contribution in [0.5, 0.6) is 0 Å². The number of carbonyl (C=O) groups is 2. The van der Waals surface area contributed by atoms with Gasteiger partial charge >= 0.3 is 0 Å². The van der Waals surface area contributed by atoms with Gasteiger partial charge in [0.25, 0.3) is 0 Å². The Morgan fingerprint density at radius 1 is 1.08 bits per heavy atom. The van der Waals surface area contributed by atoms with Crippen LogP contribution >= 0.6 is 0 Å². The fourth-order valence-electron chi connectivity index (χ4n) is 3.00. The normalized spacial score (nSPS) is 10.8. The van der Waals surface area contributed by atoms with Crippen molar-refractivity contribution in [3.05, 3.63) is 65.4 Å². The van der Waals surface area contributed by atoms with Gasteiger partial charge < -0.3 is 9.88 Å². The number of hydrogen-bond acceptors (Lipinski definition) is 2. The standard InChI is InChI=1S/C20H20N2O2/c1-13-18(17-9-4-5-10-19(17)22(13)3)12-20(24)21-16-8-6-7-15(11-16)14(2)23/h4-11H,12H2,1-3H3,(H,21,24). The third-order valence-electron chi connectivity index (χ3n) is 4.42. The average Bonchev–Trinajstić information content (AvgIpc) is 2.80. The summed E-state index contributed by atoms with van der Waals surface area (Å²) in [5.74, 6) is -0.105. The Labute approximate surface area is 141 Å². The van der Waals surface area contributed by atoms with Crippen molar-refractivity contribution >= 4 is 28.3 Å². The van der Waals surface area contributed by atoms with Crippen LogP contribution in [0, 0.1) is 6.92 Å². The maximum Gasteiger partial charge on any atom is 0.228 e. The van der Waals surface area contributed by atoms with Gasteiger partial charge in [-0.1, -0.05) is 30.3 Å². The molecule has 1 N–H and O–H groups in total. The molecular weight excluding hydrogens is 300 g/mol. The highest BCUT2D eigenvalue weighted by molar-refractivity contribution is 5.99. The summed E-state index contributed by atoms with van der Waals surface area (Å²) >= 11 is 0. The van der Waals surface area contributed by atoms with Crippen LogP contribution in [0.25, 0.3) is 10.9 Å². The maximum atomic E-state index is 12.5. The van der Waals surface area contributed by atoms with Gasteiger partial charge in [-0.15, -0.1) is 0 Å². The molecule has 0 saturated heterocycles. The van der Waals surface area contributed by atoms with E-state index < -0.39 is 0 Å². The number of para-hydroxylation sites is 1. The van der Waals surface area contributed by atoms with Gasteiger partial charge in [-0.05, 0) is 37.6 Å². The van der Waals surface area contributed by atoms with Gasteiger partial charge in [0.2, 0.25) is 5.91 Å². The summed E-state index contributed by atoms with van der Waals surface area (Å²) < 4.78 is 2.11. The van der Waals surface area contributed by atoms with Crippen LogP contribution in [0.4, 0.5) is 5.69 Å². The van der Waals surface area contributed by atoms with Crippen molar-refractivity contribution in [1.82, 2.24) is 4.57 Å². The first-order valence-electron chi connectivity index (χ1n) is 7.91. The van der Waals surface area contributed by atoms with Gasteiger partial charge in [-0.25, -0.2) is 0 Å². The second kappa shape index (κ2) is 6.32. The fourth-order valence-corrected chi connectivity index (χ4v) is 3.00. The Morgan fingerprint density at radius 2 is 1.83 bits per heavy atom. The number of benzene rings is 2. The molecule has 0 saturated carbocycles. The van der Waals surface area contributed by atoms with E-state index in [1.807, 2.05) is 32.2 Å². The van der Waals surface area contributed by atoms with E-state index in [1.54, 1.807) is 24.3 Å². The third kappa shape index (κ3) is 2.95. The van der Waals surface area contributed by atoms with Crippen molar-refractivity contribution in [2.45, 2.75) is 20.3 Å². The summed E-state index contributed by atoms with van der Waals surface area (Å²) in [5, 5.41) is 3.99. The van der Waals surface area contributed by atoms with E-state index in [0.717, 1.165) is 22.2 Å². The van der Waals surface area contributed by atoms with E-state index >= 15 is 0 Å². The first-order chi connectivity index (χ1) is 11.5. The molecule has 1 amide bonds.